The third-order valence-electron chi connectivity index (χ3n) is 5.08. The number of carbonyl (C=O) groups excluding carboxylic acids is 1. The second kappa shape index (κ2) is 8.82. The molecule has 0 saturated heterocycles. The molecule has 0 aliphatic heterocycles. The van der Waals surface area contributed by atoms with E-state index in [1.807, 2.05) is 0 Å². The summed E-state index contributed by atoms with van der Waals surface area (Å²) in [5.74, 6) is -0.904. The fourth-order valence-electron chi connectivity index (χ4n) is 3.77. The van der Waals surface area contributed by atoms with E-state index in [4.69, 9.17) is 22.5 Å². The van der Waals surface area contributed by atoms with Crippen molar-refractivity contribution in [1.82, 2.24) is 4.57 Å². The number of aliphatic hydroxyl groups is 1. The third kappa shape index (κ3) is 4.76. The highest BCUT2D eigenvalue weighted by Crippen LogP contribution is 2.40. The Kier molecular flexibility index (Phi) is 6.62. The maximum atomic E-state index is 13.8. The van der Waals surface area contributed by atoms with E-state index in [0.29, 0.717) is 5.56 Å². The average Bonchev–Trinajstić information content (AvgIpc) is 2.99. The van der Waals surface area contributed by atoms with Crippen LogP contribution < -0.4 is 10.9 Å². The topological polar surface area (TPSA) is 128 Å². The molecule has 5 N–H and O–H groups in total. The maximum absolute atomic E-state index is 13.8. The van der Waals surface area contributed by atoms with E-state index in [2.05, 4.69) is 0 Å². The summed E-state index contributed by atoms with van der Waals surface area (Å²) in [6.45, 7) is 0.983. The zero-order valence-corrected chi connectivity index (χ0v) is 18.7. The third-order valence-corrected chi connectivity index (χ3v) is 6.24. The summed E-state index contributed by atoms with van der Waals surface area (Å²) in [6.07, 6.45) is -4.89. The zero-order chi connectivity index (χ0) is 24.7. The molecule has 0 spiro atoms. The lowest BCUT2D eigenvalue weighted by Gasteiger charge is -2.18. The Morgan fingerprint density at radius 3 is 2.24 bits per heavy atom. The Hall–Kier alpha value is -2.86. The minimum Gasteiger partial charge on any atom is -0.396 e. The lowest BCUT2D eigenvalue weighted by Crippen LogP contribution is -2.15. The van der Waals surface area contributed by atoms with Crippen LogP contribution in [0.1, 0.15) is 27.3 Å². The number of benzene rings is 2. The SMILES string of the molecule is Cc1c(C(N)=O)c(-c2ccc(S(N)(=O)=O)cc2)c(CCO)n1-c1ccc(Cl)cc1C(F)(F)F. The number of hydrogen-bond donors (Lipinski definition) is 3. The first-order chi connectivity index (χ1) is 15.3. The molecule has 176 valence electrons. The van der Waals surface area contributed by atoms with Crippen molar-refractivity contribution in [3.05, 3.63) is 70.0 Å². The molecule has 0 aliphatic carbocycles. The minimum absolute atomic E-state index is 0.0649. The van der Waals surface area contributed by atoms with Crippen molar-refractivity contribution in [2.45, 2.75) is 24.4 Å². The van der Waals surface area contributed by atoms with Gasteiger partial charge in [0.05, 0.1) is 21.7 Å². The van der Waals surface area contributed by atoms with Crippen molar-refractivity contribution in [2.24, 2.45) is 10.9 Å². The fraction of sp³-hybridized carbons (Fsp3) is 0.190. The van der Waals surface area contributed by atoms with Gasteiger partial charge >= 0.3 is 6.18 Å². The first-order valence-electron chi connectivity index (χ1n) is 9.42. The molecule has 3 aromatic rings. The number of sulfonamides is 1. The Labute approximate surface area is 192 Å². The van der Waals surface area contributed by atoms with Gasteiger partial charge in [-0.2, -0.15) is 13.2 Å². The number of amides is 1. The number of alkyl halides is 3. The van der Waals surface area contributed by atoms with Crippen LogP contribution in [0.5, 0.6) is 0 Å². The van der Waals surface area contributed by atoms with Crippen LogP contribution in [0.25, 0.3) is 16.8 Å². The summed E-state index contributed by atoms with van der Waals surface area (Å²) in [6, 6.07) is 8.33. The van der Waals surface area contributed by atoms with Crippen LogP contribution in [0.15, 0.2) is 47.4 Å². The molecule has 1 aromatic heterocycles. The smallest absolute Gasteiger partial charge is 0.396 e. The van der Waals surface area contributed by atoms with Crippen molar-refractivity contribution in [3.63, 3.8) is 0 Å². The lowest BCUT2D eigenvalue weighted by molar-refractivity contribution is -0.137. The Morgan fingerprint density at radius 1 is 1.15 bits per heavy atom. The molecule has 0 aliphatic rings. The van der Waals surface area contributed by atoms with Gasteiger partial charge in [0, 0.05) is 35.0 Å². The molecule has 1 amide bonds. The number of aromatic nitrogens is 1. The Morgan fingerprint density at radius 2 is 1.76 bits per heavy atom. The summed E-state index contributed by atoms with van der Waals surface area (Å²) in [5, 5.41) is 14.6. The van der Waals surface area contributed by atoms with Crippen molar-refractivity contribution in [2.75, 3.05) is 6.61 Å². The van der Waals surface area contributed by atoms with Crippen molar-refractivity contribution in [3.8, 4) is 16.8 Å². The van der Waals surface area contributed by atoms with Crippen molar-refractivity contribution >= 4 is 27.5 Å². The Balaban J connectivity index is 2.42. The van der Waals surface area contributed by atoms with Gasteiger partial charge in [0.25, 0.3) is 5.91 Å². The van der Waals surface area contributed by atoms with E-state index in [1.165, 1.54) is 41.8 Å². The van der Waals surface area contributed by atoms with E-state index in [9.17, 15) is 31.5 Å². The molecule has 12 heteroatoms. The standard InChI is InChI=1S/C21H19ClF3N3O4S/c1-11-18(20(26)30)19(12-2-5-14(6-3-12)33(27,31)32)17(8-9-29)28(11)16-7-4-13(22)10-15(16)21(23,24)25/h2-7,10,29H,8-9H2,1H3,(H2,26,30)(H2,27,31,32). The number of aliphatic hydroxyl groups excluding tert-OH is 1. The summed E-state index contributed by atoms with van der Waals surface area (Å²) in [5.41, 5.74) is 4.96. The van der Waals surface area contributed by atoms with Gasteiger partial charge in [-0.05, 0) is 42.8 Å². The quantitative estimate of drug-likeness (QED) is 0.478. The number of nitrogens with two attached hydrogens (primary N) is 2. The fourth-order valence-corrected chi connectivity index (χ4v) is 4.46. The highest BCUT2D eigenvalue weighted by Gasteiger charge is 2.36. The highest BCUT2D eigenvalue weighted by atomic mass is 35.5. The van der Waals surface area contributed by atoms with E-state index in [-0.39, 0.29) is 44.5 Å². The summed E-state index contributed by atoms with van der Waals surface area (Å²) in [7, 11) is -3.99. The number of nitrogens with zero attached hydrogens (tertiary/aromatic N) is 1. The molecule has 2 aromatic carbocycles. The molecule has 0 fully saturated rings. The van der Waals surface area contributed by atoms with Crippen molar-refractivity contribution < 1.29 is 31.5 Å². The molecule has 3 rings (SSSR count). The van der Waals surface area contributed by atoms with Crippen LogP contribution in [-0.2, 0) is 22.6 Å². The van der Waals surface area contributed by atoms with Gasteiger partial charge in [0.1, 0.15) is 0 Å². The molecular formula is C21H19ClF3N3O4S. The van der Waals surface area contributed by atoms with Gasteiger partial charge in [0.15, 0.2) is 0 Å². The van der Waals surface area contributed by atoms with Gasteiger partial charge in [-0.15, -0.1) is 0 Å². The number of halogens is 4. The second-order valence-corrected chi connectivity index (χ2v) is 9.18. The summed E-state index contributed by atoms with van der Waals surface area (Å²) < 4.78 is 65.8. The number of primary sulfonamides is 1. The number of primary amides is 1. The largest absolute Gasteiger partial charge is 0.418 e. The molecule has 0 unspecified atom stereocenters. The molecule has 7 nitrogen and oxygen atoms in total. The Bertz CT molecular complexity index is 1330. The summed E-state index contributed by atoms with van der Waals surface area (Å²) >= 11 is 5.80. The van der Waals surface area contributed by atoms with E-state index in [1.54, 1.807) is 0 Å². The highest BCUT2D eigenvalue weighted by molar-refractivity contribution is 7.89. The maximum Gasteiger partial charge on any atom is 0.418 e. The molecule has 1 heterocycles. The van der Waals surface area contributed by atoms with Crippen LogP contribution in [0.2, 0.25) is 5.02 Å². The molecule has 0 bridgehead atoms. The van der Waals surface area contributed by atoms with Gasteiger partial charge in [-0.3, -0.25) is 4.79 Å². The average molecular weight is 502 g/mol. The normalized spacial score (nSPS) is 12.2. The first kappa shape index (κ1) is 24.8. The molecule has 0 atom stereocenters. The first-order valence-corrected chi connectivity index (χ1v) is 11.3. The zero-order valence-electron chi connectivity index (χ0n) is 17.1. The monoisotopic (exact) mass is 501 g/mol. The van der Waals surface area contributed by atoms with Gasteiger partial charge < -0.3 is 15.4 Å². The van der Waals surface area contributed by atoms with E-state index in [0.717, 1.165) is 12.1 Å². The number of rotatable bonds is 6. The molecule has 0 saturated carbocycles. The second-order valence-electron chi connectivity index (χ2n) is 7.18. The lowest BCUT2D eigenvalue weighted by atomic mass is 9.98. The predicted octanol–water partition coefficient (Wildman–Crippen LogP) is 3.41. The number of hydrogen-bond acceptors (Lipinski definition) is 4. The van der Waals surface area contributed by atoms with Crippen LogP contribution in [0.3, 0.4) is 0 Å². The molecule has 33 heavy (non-hydrogen) atoms. The summed E-state index contributed by atoms with van der Waals surface area (Å²) in [4.78, 5) is 12.2. The van der Waals surface area contributed by atoms with Crippen LogP contribution in [-0.4, -0.2) is 30.6 Å². The van der Waals surface area contributed by atoms with E-state index < -0.39 is 34.3 Å². The molecule has 0 radical (unpaired) electrons. The van der Waals surface area contributed by atoms with E-state index >= 15 is 0 Å². The minimum atomic E-state index is -4.77. The van der Waals surface area contributed by atoms with Gasteiger partial charge in [0.2, 0.25) is 10.0 Å². The van der Waals surface area contributed by atoms with Gasteiger partial charge in [-0.25, -0.2) is 13.6 Å². The number of carbonyl (C=O) groups is 1. The van der Waals surface area contributed by atoms with Crippen molar-refractivity contribution in [1.29, 1.82) is 0 Å². The van der Waals surface area contributed by atoms with Crippen LogP contribution in [0, 0.1) is 6.92 Å². The van der Waals surface area contributed by atoms with Crippen LogP contribution >= 0.6 is 11.6 Å². The van der Waals surface area contributed by atoms with Crippen LogP contribution in [0.4, 0.5) is 13.2 Å². The van der Waals surface area contributed by atoms with Gasteiger partial charge in [-0.1, -0.05) is 23.7 Å². The molecular weight excluding hydrogens is 483 g/mol. The predicted molar refractivity (Wildman–Crippen MR) is 117 cm³/mol.